The Hall–Kier alpha value is -8.80. The zero-order chi connectivity index (χ0) is 59.5. The second-order valence-electron chi connectivity index (χ2n) is 22.9. The molecule has 5 N–H and O–H groups in total. The molecule has 13 rings (SSSR count). The number of nitrogens with one attached hydrogen (secondary N) is 2. The fourth-order valence-electron chi connectivity index (χ4n) is 10.4. The first-order valence-electron chi connectivity index (χ1n) is 28.2. The number of carboxylic acid groups (broad SMARTS) is 1. The molecule has 4 aromatic heterocycles. The molecule has 0 saturated heterocycles. The molecule has 3 aliphatic rings. The molecule has 0 unspecified atom stereocenters. The topological polar surface area (TPSA) is 206 Å². The molecule has 0 spiro atoms. The lowest BCUT2D eigenvalue weighted by molar-refractivity contribution is -0.122. The number of nitrogens with zero attached hydrogens (tertiary/aromatic N) is 6. The maximum absolute atomic E-state index is 12.1. The molecule has 10 aromatic rings. The summed E-state index contributed by atoms with van der Waals surface area (Å²) in [7, 11) is -0.320. The highest BCUT2D eigenvalue weighted by Crippen LogP contribution is 2.54. The molecule has 0 aliphatic heterocycles. The van der Waals surface area contributed by atoms with E-state index in [1.54, 1.807) is 31.4 Å². The van der Waals surface area contributed by atoms with Crippen LogP contribution in [0.2, 0.25) is 18.1 Å². The number of imidazole rings is 4. The van der Waals surface area contributed by atoms with E-state index < -0.39 is 36.6 Å². The lowest BCUT2D eigenvalue weighted by atomic mass is 9.77. The number of ether oxygens (including phenoxy) is 1. The molecule has 16 heteroatoms. The summed E-state index contributed by atoms with van der Waals surface area (Å²) < 4.78 is 15.5. The van der Waals surface area contributed by atoms with Crippen molar-refractivity contribution in [1.29, 1.82) is 0 Å². The first kappa shape index (κ1) is 59.8. The number of rotatable bonds is 14. The maximum atomic E-state index is 12.1. The van der Waals surface area contributed by atoms with Crippen LogP contribution in [0.5, 0.6) is 0 Å². The van der Waals surface area contributed by atoms with Gasteiger partial charge < -0.3 is 43.6 Å². The molecule has 3 aliphatic carbocycles. The number of carbonyl (C=O) groups excluding carboxylic acids is 1. The highest BCUT2D eigenvalue weighted by Gasteiger charge is 2.53. The van der Waals surface area contributed by atoms with Crippen molar-refractivity contribution in [1.82, 2.24) is 39.0 Å². The molecule has 84 heavy (non-hydrogen) atoms. The van der Waals surface area contributed by atoms with Crippen LogP contribution in [0, 0.1) is 0 Å². The lowest BCUT2D eigenvalue weighted by Gasteiger charge is -2.39. The molecule has 4 heterocycles. The first-order valence-corrected chi connectivity index (χ1v) is 31.1. The van der Waals surface area contributed by atoms with Crippen molar-refractivity contribution < 1.29 is 34.1 Å². The molecular formula is C68H74N8O7Si. The van der Waals surface area contributed by atoms with Crippen molar-refractivity contribution in [2.24, 2.45) is 0 Å². The van der Waals surface area contributed by atoms with Crippen molar-refractivity contribution in [2.75, 3.05) is 7.11 Å². The van der Waals surface area contributed by atoms with Crippen LogP contribution >= 0.6 is 0 Å². The van der Waals surface area contributed by atoms with Gasteiger partial charge in [0.15, 0.2) is 14.0 Å². The summed E-state index contributed by atoms with van der Waals surface area (Å²) in [5.74, 6) is -0.457. The van der Waals surface area contributed by atoms with Gasteiger partial charge >= 0.3 is 5.97 Å². The molecule has 3 saturated carbocycles. The Kier molecular flexibility index (Phi) is 18.1. The number of methoxy groups -OCH3 is 1. The van der Waals surface area contributed by atoms with E-state index in [2.05, 4.69) is 178 Å². The minimum atomic E-state index is -1.68. The normalized spacial score (nSPS) is 15.1. The summed E-state index contributed by atoms with van der Waals surface area (Å²) >= 11 is 0. The molecule has 6 aromatic carbocycles. The summed E-state index contributed by atoms with van der Waals surface area (Å²) in [5.41, 5.74) is 7.09. The van der Waals surface area contributed by atoms with E-state index >= 15 is 0 Å². The third kappa shape index (κ3) is 12.7. The van der Waals surface area contributed by atoms with Crippen LogP contribution in [0.25, 0.3) is 0 Å². The number of aliphatic hydroxyl groups is 2. The Morgan fingerprint density at radius 2 is 0.893 bits per heavy atom. The second-order valence-corrected chi connectivity index (χ2v) is 27.6. The van der Waals surface area contributed by atoms with Gasteiger partial charge in [-0.15, -0.1) is 0 Å². The Morgan fingerprint density at radius 3 is 1.20 bits per heavy atom. The smallest absolute Gasteiger partial charge is 0.358 e. The van der Waals surface area contributed by atoms with Gasteiger partial charge in [-0.3, -0.25) is 4.79 Å². The van der Waals surface area contributed by atoms with Gasteiger partial charge in [0.2, 0.25) is 0 Å². The van der Waals surface area contributed by atoms with Crippen molar-refractivity contribution in [3.8, 4) is 0 Å². The number of H-pyrrole nitrogens is 2. The van der Waals surface area contributed by atoms with E-state index in [-0.39, 0.29) is 22.8 Å². The molecule has 0 bridgehead atoms. The van der Waals surface area contributed by atoms with E-state index in [9.17, 15) is 15.0 Å². The Morgan fingerprint density at radius 1 is 0.548 bits per heavy atom. The van der Waals surface area contributed by atoms with Gasteiger partial charge in [-0.1, -0.05) is 203 Å². The standard InChI is InChI=1S/C25H22N2O.C24H20N2O2.C12H22N2OSi.C6H8N2O.CH2O2/c28-24(16-17-24)23-18-27(19-26-23)25(20-10-4-1-5-11-20,21-12-6-2-7-13-21)22-14-8-3-9-15-22;1-28-23(27)22-17-26(18-25-22)24(19-11-5-2-6-12-19,20-13-7-3-8-14-20)21-15-9-4-10-16-21;1-11(2,3)16(4,5)15-12(6-7-12)10-8-13-9-14-10;9-6(1-2-6)5-3-7-4-8-5;2-1-3/h1-15,18-19,28H,16-17H2;2-18H,1H3;8-9H,6-7H2,1-5H3,(H,13,14);3-4,9H,1-2H2,(H,7,8);1H,(H,2,3). The minimum Gasteiger partial charge on any atom is -0.483 e. The summed E-state index contributed by atoms with van der Waals surface area (Å²) in [6.07, 6.45) is 19.8. The van der Waals surface area contributed by atoms with E-state index in [1.165, 1.54) is 7.11 Å². The van der Waals surface area contributed by atoms with Crippen LogP contribution in [-0.2, 0) is 41.8 Å². The zero-order valence-electron chi connectivity index (χ0n) is 48.4. The Bertz CT molecular complexity index is 3430. The summed E-state index contributed by atoms with van der Waals surface area (Å²) in [6.45, 7) is 11.2. The minimum absolute atomic E-state index is 0.0422. The fraction of sp³-hybridized carbons (Fsp3) is 0.265. The van der Waals surface area contributed by atoms with Gasteiger partial charge in [0.25, 0.3) is 6.47 Å². The Balaban J connectivity index is 0.000000141. The number of hydrogen-bond acceptors (Lipinski definition) is 10. The first-order chi connectivity index (χ1) is 40.5. The van der Waals surface area contributed by atoms with Crippen molar-refractivity contribution >= 4 is 20.8 Å². The number of hydrogen-bond donors (Lipinski definition) is 5. The van der Waals surface area contributed by atoms with Crippen molar-refractivity contribution in [3.63, 3.8) is 0 Å². The van der Waals surface area contributed by atoms with Gasteiger partial charge in [-0.2, -0.15) is 0 Å². The number of aromatic nitrogens is 8. The van der Waals surface area contributed by atoms with Crippen LogP contribution in [0.15, 0.2) is 232 Å². The van der Waals surface area contributed by atoms with Gasteiger partial charge in [0.05, 0.1) is 67.5 Å². The zero-order valence-corrected chi connectivity index (χ0v) is 49.4. The predicted molar refractivity (Wildman–Crippen MR) is 326 cm³/mol. The monoisotopic (exact) mass is 1140 g/mol. The van der Waals surface area contributed by atoms with Gasteiger partial charge in [0.1, 0.15) is 22.3 Å². The highest BCUT2D eigenvalue weighted by molar-refractivity contribution is 6.74. The molecule has 0 radical (unpaired) electrons. The van der Waals surface area contributed by atoms with Gasteiger partial charge in [-0.25, -0.2) is 24.7 Å². The molecule has 432 valence electrons. The average Bonchev–Trinajstić information content (AvgIpc) is 1.85. The third-order valence-electron chi connectivity index (χ3n) is 16.4. The van der Waals surface area contributed by atoms with E-state index in [1.807, 2.05) is 96.1 Å². The summed E-state index contributed by atoms with van der Waals surface area (Å²) in [6, 6.07) is 62.2. The molecular weight excluding hydrogens is 1070 g/mol. The highest BCUT2D eigenvalue weighted by atomic mass is 28.4. The lowest BCUT2D eigenvalue weighted by Crippen LogP contribution is -2.44. The molecule has 0 amide bonds. The fourth-order valence-corrected chi connectivity index (χ4v) is 12.0. The number of aromatic amines is 2. The molecule has 15 nitrogen and oxygen atoms in total. The second kappa shape index (κ2) is 25.4. The van der Waals surface area contributed by atoms with Crippen LogP contribution in [0.1, 0.15) is 120 Å². The van der Waals surface area contributed by atoms with E-state index in [0.717, 1.165) is 89.0 Å². The number of carbonyl (C=O) groups is 2. The summed E-state index contributed by atoms with van der Waals surface area (Å²) in [4.78, 5) is 43.3. The van der Waals surface area contributed by atoms with Crippen LogP contribution in [0.4, 0.5) is 0 Å². The largest absolute Gasteiger partial charge is 0.483 e. The van der Waals surface area contributed by atoms with Crippen LogP contribution in [0.3, 0.4) is 0 Å². The molecule has 0 atom stereocenters. The quantitative estimate of drug-likeness (QED) is 0.0300. The summed E-state index contributed by atoms with van der Waals surface area (Å²) in [5, 5.41) is 27.2. The SMILES string of the molecule is CC(C)(C)[Si](C)(C)OC1(c2cnc[nH]2)CC1.COC(=O)c1cn(C(c2ccccc2)(c2ccccc2)c2ccccc2)cn1.O=CO.OC1(c2cn(C(c3ccccc3)(c3ccccc3)c3ccccc3)cn2)CC1.OC1(c2cnc[nH]2)CC1. The average molecular weight is 1140 g/mol. The Labute approximate surface area is 492 Å². The van der Waals surface area contributed by atoms with Gasteiger partial charge in [0, 0.05) is 12.4 Å². The van der Waals surface area contributed by atoms with Crippen LogP contribution in [-0.4, -0.2) is 82.2 Å². The van der Waals surface area contributed by atoms with E-state index in [0.29, 0.717) is 0 Å². The third-order valence-corrected chi connectivity index (χ3v) is 20.9. The number of benzene rings is 6. The van der Waals surface area contributed by atoms with E-state index in [4.69, 9.17) is 19.1 Å². The molecule has 3 fully saturated rings. The van der Waals surface area contributed by atoms with Crippen molar-refractivity contribution in [3.05, 3.63) is 288 Å². The maximum Gasteiger partial charge on any atom is 0.358 e. The van der Waals surface area contributed by atoms with Gasteiger partial charge in [-0.05, 0) is 90.0 Å². The van der Waals surface area contributed by atoms with Crippen molar-refractivity contribution in [2.45, 2.75) is 105 Å². The number of esters is 1. The van der Waals surface area contributed by atoms with Crippen LogP contribution < -0.4 is 0 Å². The predicted octanol–water partition coefficient (Wildman–Crippen LogP) is 12.7.